The molecule has 2 aromatic rings. The van der Waals surface area contributed by atoms with Crippen molar-refractivity contribution in [3.8, 4) is 11.3 Å². The predicted molar refractivity (Wildman–Crippen MR) is 86.6 cm³/mol. The molecule has 0 spiro atoms. The zero-order valence-corrected chi connectivity index (χ0v) is 13.1. The predicted octanol–water partition coefficient (Wildman–Crippen LogP) is 4.28. The lowest BCUT2D eigenvalue weighted by atomic mass is 9.79. The minimum Gasteiger partial charge on any atom is -0.298 e. The first kappa shape index (κ1) is 15.4. The number of hydrogen-bond acceptors (Lipinski definition) is 2. The number of rotatable bonds is 2. The molecule has 3 heterocycles. The quantitative estimate of drug-likeness (QED) is 0.764. The Bertz CT molecular complexity index is 780. The van der Waals surface area contributed by atoms with Crippen LogP contribution in [0.4, 0.5) is 13.2 Å². The summed E-state index contributed by atoms with van der Waals surface area (Å²) in [5.41, 5.74) is 1.55. The Morgan fingerprint density at radius 2 is 2.00 bits per heavy atom. The standard InChI is InChI=1S/C19H17F3N2/c20-19(21,22)15-4-1-3-14(11-15)17-6-5-16(12-23-17)18-7-2-9-24(13-18)10-8-18/h1-7,11-12H,8-10,13H2. The van der Waals surface area contributed by atoms with E-state index in [1.54, 1.807) is 6.07 Å². The first-order chi connectivity index (χ1) is 11.5. The van der Waals surface area contributed by atoms with E-state index < -0.39 is 11.7 Å². The van der Waals surface area contributed by atoms with Crippen molar-refractivity contribution in [1.29, 1.82) is 0 Å². The van der Waals surface area contributed by atoms with Crippen LogP contribution in [0.15, 0.2) is 54.7 Å². The fourth-order valence-electron chi connectivity index (χ4n) is 3.68. The topological polar surface area (TPSA) is 16.1 Å². The van der Waals surface area contributed by atoms with Crippen LogP contribution in [0.5, 0.6) is 0 Å². The summed E-state index contributed by atoms with van der Waals surface area (Å²) in [6, 6.07) is 9.14. The molecule has 0 radical (unpaired) electrons. The summed E-state index contributed by atoms with van der Waals surface area (Å²) in [5.74, 6) is 0. The van der Waals surface area contributed by atoms with Gasteiger partial charge in [0, 0.05) is 30.3 Å². The highest BCUT2D eigenvalue weighted by atomic mass is 19.4. The molecule has 2 bridgehead atoms. The van der Waals surface area contributed by atoms with Crippen molar-refractivity contribution in [2.24, 2.45) is 0 Å². The number of fused-ring (bicyclic) bond motifs is 2. The monoisotopic (exact) mass is 330 g/mol. The molecule has 2 unspecified atom stereocenters. The van der Waals surface area contributed by atoms with Crippen LogP contribution in [0.3, 0.4) is 0 Å². The van der Waals surface area contributed by atoms with E-state index in [-0.39, 0.29) is 5.41 Å². The Labute approximate surface area is 138 Å². The van der Waals surface area contributed by atoms with Gasteiger partial charge in [0.1, 0.15) is 0 Å². The molecule has 4 rings (SSSR count). The van der Waals surface area contributed by atoms with Gasteiger partial charge in [-0.05, 0) is 36.7 Å². The molecule has 2 aliphatic rings. The molecule has 0 amide bonds. The van der Waals surface area contributed by atoms with Crippen LogP contribution in [0.1, 0.15) is 17.5 Å². The van der Waals surface area contributed by atoms with E-state index in [0.29, 0.717) is 11.3 Å². The highest BCUT2D eigenvalue weighted by Gasteiger charge is 2.39. The lowest BCUT2D eigenvalue weighted by Gasteiger charge is -2.29. The van der Waals surface area contributed by atoms with Crippen molar-refractivity contribution in [2.75, 3.05) is 19.6 Å². The van der Waals surface area contributed by atoms with Crippen molar-refractivity contribution < 1.29 is 13.2 Å². The minimum atomic E-state index is -4.34. The van der Waals surface area contributed by atoms with Gasteiger partial charge in [0.25, 0.3) is 0 Å². The van der Waals surface area contributed by atoms with Crippen molar-refractivity contribution in [3.05, 3.63) is 65.9 Å². The molecule has 124 valence electrons. The van der Waals surface area contributed by atoms with Crippen molar-refractivity contribution in [3.63, 3.8) is 0 Å². The zero-order valence-electron chi connectivity index (χ0n) is 13.1. The van der Waals surface area contributed by atoms with Gasteiger partial charge < -0.3 is 0 Å². The normalized spacial score (nSPS) is 25.9. The maximum atomic E-state index is 12.9. The third-order valence-electron chi connectivity index (χ3n) is 5.00. The summed E-state index contributed by atoms with van der Waals surface area (Å²) in [7, 11) is 0. The zero-order chi connectivity index (χ0) is 16.8. The Morgan fingerprint density at radius 3 is 2.75 bits per heavy atom. The molecule has 2 aliphatic heterocycles. The van der Waals surface area contributed by atoms with Crippen LogP contribution in [-0.2, 0) is 11.6 Å². The van der Waals surface area contributed by atoms with E-state index >= 15 is 0 Å². The van der Waals surface area contributed by atoms with Gasteiger partial charge in [0.15, 0.2) is 0 Å². The number of benzene rings is 1. The summed E-state index contributed by atoms with van der Waals surface area (Å²) >= 11 is 0. The summed E-state index contributed by atoms with van der Waals surface area (Å²) in [6.07, 6.45) is 2.99. The fraction of sp³-hybridized carbons (Fsp3) is 0.316. The van der Waals surface area contributed by atoms with Gasteiger partial charge >= 0.3 is 6.18 Å². The average Bonchev–Trinajstić information content (AvgIpc) is 2.90. The van der Waals surface area contributed by atoms with Crippen LogP contribution in [0, 0.1) is 0 Å². The van der Waals surface area contributed by atoms with E-state index in [1.807, 2.05) is 18.3 Å². The Kier molecular flexibility index (Phi) is 3.49. The van der Waals surface area contributed by atoms with Crippen LogP contribution in [0.2, 0.25) is 0 Å². The van der Waals surface area contributed by atoms with Gasteiger partial charge in [-0.25, -0.2) is 0 Å². The second-order valence-electron chi connectivity index (χ2n) is 6.55. The van der Waals surface area contributed by atoms with Gasteiger partial charge in [-0.15, -0.1) is 0 Å². The van der Waals surface area contributed by atoms with E-state index in [2.05, 4.69) is 22.0 Å². The van der Waals surface area contributed by atoms with Crippen molar-refractivity contribution in [1.82, 2.24) is 9.88 Å². The molecule has 0 saturated carbocycles. The van der Waals surface area contributed by atoms with Crippen LogP contribution < -0.4 is 0 Å². The second-order valence-corrected chi connectivity index (χ2v) is 6.55. The van der Waals surface area contributed by atoms with E-state index in [4.69, 9.17) is 0 Å². The fourth-order valence-corrected chi connectivity index (χ4v) is 3.68. The molecule has 0 aliphatic carbocycles. The van der Waals surface area contributed by atoms with Crippen molar-refractivity contribution >= 4 is 0 Å². The SMILES string of the molecule is FC(F)(F)c1cccc(-c2ccc(C34C=CCN(CC3)C4)cn2)c1. The molecule has 1 fully saturated rings. The van der Waals surface area contributed by atoms with Crippen LogP contribution in [-0.4, -0.2) is 29.5 Å². The second kappa shape index (κ2) is 5.45. The molecule has 1 aromatic carbocycles. The highest BCUT2D eigenvalue weighted by Crippen LogP contribution is 2.38. The summed E-state index contributed by atoms with van der Waals surface area (Å²) in [6.45, 7) is 3.06. The molecule has 2 atom stereocenters. The number of pyridine rings is 1. The molecule has 1 aromatic heterocycles. The maximum Gasteiger partial charge on any atom is 0.416 e. The number of hydrogen-bond donors (Lipinski definition) is 0. The first-order valence-electron chi connectivity index (χ1n) is 8.01. The molecular formula is C19H17F3N2. The van der Waals surface area contributed by atoms with Crippen LogP contribution in [0.25, 0.3) is 11.3 Å². The molecule has 2 nitrogen and oxygen atoms in total. The maximum absolute atomic E-state index is 12.9. The van der Waals surface area contributed by atoms with E-state index in [9.17, 15) is 13.2 Å². The first-order valence-corrected chi connectivity index (χ1v) is 8.01. The average molecular weight is 330 g/mol. The van der Waals surface area contributed by atoms with E-state index in [0.717, 1.165) is 43.8 Å². The van der Waals surface area contributed by atoms with Gasteiger partial charge in [-0.1, -0.05) is 30.4 Å². The lowest BCUT2D eigenvalue weighted by Crippen LogP contribution is -2.33. The smallest absolute Gasteiger partial charge is 0.298 e. The van der Waals surface area contributed by atoms with Crippen LogP contribution >= 0.6 is 0 Å². The number of alkyl halides is 3. The van der Waals surface area contributed by atoms with Gasteiger partial charge in [0.05, 0.1) is 11.3 Å². The number of nitrogens with zero attached hydrogens (tertiary/aromatic N) is 2. The largest absolute Gasteiger partial charge is 0.416 e. The third kappa shape index (κ3) is 2.63. The van der Waals surface area contributed by atoms with E-state index in [1.165, 1.54) is 6.07 Å². The Hall–Kier alpha value is -2.14. The number of halogens is 3. The van der Waals surface area contributed by atoms with Gasteiger partial charge in [-0.2, -0.15) is 13.2 Å². The summed E-state index contributed by atoms with van der Waals surface area (Å²) < 4.78 is 38.6. The van der Waals surface area contributed by atoms with Gasteiger partial charge in [-0.3, -0.25) is 9.88 Å². The highest BCUT2D eigenvalue weighted by molar-refractivity contribution is 5.60. The summed E-state index contributed by atoms with van der Waals surface area (Å²) in [5, 5.41) is 0. The molecule has 1 saturated heterocycles. The Balaban J connectivity index is 1.65. The Morgan fingerprint density at radius 1 is 1.12 bits per heavy atom. The number of aromatic nitrogens is 1. The summed E-state index contributed by atoms with van der Waals surface area (Å²) in [4.78, 5) is 6.84. The van der Waals surface area contributed by atoms with Gasteiger partial charge in [0.2, 0.25) is 0 Å². The minimum absolute atomic E-state index is 0.0115. The third-order valence-corrected chi connectivity index (χ3v) is 5.00. The molecule has 5 heteroatoms. The molecule has 24 heavy (non-hydrogen) atoms. The lowest BCUT2D eigenvalue weighted by molar-refractivity contribution is -0.137. The van der Waals surface area contributed by atoms with Crippen molar-refractivity contribution in [2.45, 2.75) is 18.0 Å². The molecule has 0 N–H and O–H groups in total. The molecular weight excluding hydrogens is 313 g/mol.